The highest BCUT2D eigenvalue weighted by atomic mass is 35.5. The van der Waals surface area contributed by atoms with Crippen molar-refractivity contribution in [3.8, 4) is 6.07 Å². The van der Waals surface area contributed by atoms with Crippen LogP contribution in [0.15, 0.2) is 0 Å². The van der Waals surface area contributed by atoms with Gasteiger partial charge in [-0.15, -0.1) is 11.6 Å². The number of halogens is 1. The van der Waals surface area contributed by atoms with Gasteiger partial charge in [-0.1, -0.05) is 0 Å². The molecular weight excluding hydrogens is 130 g/mol. The SMILES string of the molecule is CC#N.O=C(O)CCl. The van der Waals surface area contributed by atoms with E-state index in [1.165, 1.54) is 6.92 Å². The molecule has 0 aromatic carbocycles. The number of aliphatic carboxylic acids is 1. The predicted molar refractivity (Wildman–Crippen MR) is 29.6 cm³/mol. The van der Waals surface area contributed by atoms with E-state index in [2.05, 4.69) is 0 Å². The van der Waals surface area contributed by atoms with Crippen molar-refractivity contribution in [2.75, 3.05) is 5.88 Å². The van der Waals surface area contributed by atoms with E-state index in [0.717, 1.165) is 0 Å². The minimum Gasteiger partial charge on any atom is -0.480 e. The number of nitrogens with zero attached hydrogens (tertiary/aromatic N) is 1. The Bertz CT molecular complexity index is 96.7. The van der Waals surface area contributed by atoms with Crippen molar-refractivity contribution in [3.05, 3.63) is 0 Å². The molecule has 0 heterocycles. The molecule has 0 aliphatic heterocycles. The maximum absolute atomic E-state index is 9.24. The molecule has 0 saturated carbocycles. The second kappa shape index (κ2) is 9.54. The van der Waals surface area contributed by atoms with Crippen molar-refractivity contribution in [2.24, 2.45) is 0 Å². The summed E-state index contributed by atoms with van der Waals surface area (Å²) in [7, 11) is 0. The minimum absolute atomic E-state index is 0.306. The third kappa shape index (κ3) is 60.7. The zero-order valence-electron chi connectivity index (χ0n) is 4.39. The summed E-state index contributed by atoms with van der Waals surface area (Å²) in [5, 5.41) is 14.9. The van der Waals surface area contributed by atoms with Gasteiger partial charge in [0.1, 0.15) is 5.88 Å². The first kappa shape index (κ1) is 10.3. The molecule has 0 bridgehead atoms. The fourth-order valence-electron chi connectivity index (χ4n) is 0. The van der Waals surface area contributed by atoms with Gasteiger partial charge in [0.05, 0.1) is 6.07 Å². The molecule has 0 atom stereocenters. The van der Waals surface area contributed by atoms with Gasteiger partial charge in [-0.25, -0.2) is 0 Å². The Morgan fingerprint density at radius 1 is 2.00 bits per heavy atom. The number of carboxylic acids is 1. The summed E-state index contributed by atoms with van der Waals surface area (Å²) in [6, 6.07) is 1.75. The van der Waals surface area contributed by atoms with E-state index in [-0.39, 0.29) is 5.88 Å². The molecule has 0 spiro atoms. The standard InChI is InChI=1S/C2H3ClO2.C2H3N/c3-1-2(4)5;1-2-3/h1H2,(H,4,5);1H3. The van der Waals surface area contributed by atoms with Gasteiger partial charge in [0.2, 0.25) is 0 Å². The van der Waals surface area contributed by atoms with Gasteiger partial charge >= 0.3 is 5.97 Å². The van der Waals surface area contributed by atoms with Crippen LogP contribution in [0.25, 0.3) is 0 Å². The van der Waals surface area contributed by atoms with Crippen LogP contribution in [-0.4, -0.2) is 17.0 Å². The monoisotopic (exact) mass is 135 g/mol. The van der Waals surface area contributed by atoms with Crippen LogP contribution in [0.4, 0.5) is 0 Å². The Kier molecular flexibility index (Phi) is 12.2. The highest BCUT2D eigenvalue weighted by molar-refractivity contribution is 6.26. The van der Waals surface area contributed by atoms with Crippen LogP contribution in [0.2, 0.25) is 0 Å². The lowest BCUT2D eigenvalue weighted by Gasteiger charge is -1.69. The van der Waals surface area contributed by atoms with Gasteiger partial charge in [-0.3, -0.25) is 4.79 Å². The van der Waals surface area contributed by atoms with Gasteiger partial charge in [0, 0.05) is 6.92 Å². The number of hydrogen-bond acceptors (Lipinski definition) is 2. The summed E-state index contributed by atoms with van der Waals surface area (Å²) in [6.45, 7) is 1.43. The topological polar surface area (TPSA) is 61.1 Å². The maximum atomic E-state index is 9.24. The van der Waals surface area contributed by atoms with E-state index in [0.29, 0.717) is 0 Å². The molecule has 3 nitrogen and oxygen atoms in total. The van der Waals surface area contributed by atoms with Gasteiger partial charge in [0.25, 0.3) is 0 Å². The van der Waals surface area contributed by atoms with Crippen LogP contribution >= 0.6 is 11.6 Å². The summed E-state index contributed by atoms with van der Waals surface area (Å²) in [4.78, 5) is 9.24. The Hall–Kier alpha value is -0.750. The molecule has 0 unspecified atom stereocenters. The molecule has 0 aromatic rings. The normalized spacial score (nSPS) is 5.62. The molecule has 1 N–H and O–H groups in total. The zero-order chi connectivity index (χ0) is 6.99. The Labute approximate surface area is 52.5 Å². The van der Waals surface area contributed by atoms with Crippen LogP contribution < -0.4 is 0 Å². The molecular formula is C4H6ClNO2. The third-order valence-electron chi connectivity index (χ3n) is 0.114. The van der Waals surface area contributed by atoms with Crippen molar-refractivity contribution >= 4 is 17.6 Å². The molecule has 0 saturated heterocycles. The summed E-state index contributed by atoms with van der Waals surface area (Å²) in [6.07, 6.45) is 0. The van der Waals surface area contributed by atoms with Crippen molar-refractivity contribution in [1.29, 1.82) is 5.26 Å². The van der Waals surface area contributed by atoms with Crippen molar-refractivity contribution < 1.29 is 9.90 Å². The van der Waals surface area contributed by atoms with Crippen LogP contribution in [0.3, 0.4) is 0 Å². The highest BCUT2D eigenvalue weighted by Gasteiger charge is 1.83. The number of nitriles is 1. The second-order valence-corrected chi connectivity index (χ2v) is 1.02. The smallest absolute Gasteiger partial charge is 0.318 e. The predicted octanol–water partition coefficient (Wildman–Crippen LogP) is 0.840. The van der Waals surface area contributed by atoms with E-state index in [4.69, 9.17) is 22.0 Å². The lowest BCUT2D eigenvalue weighted by atomic mass is 10.8. The number of alkyl halides is 1. The number of rotatable bonds is 1. The number of carboxylic acid groups (broad SMARTS) is 1. The van der Waals surface area contributed by atoms with Gasteiger partial charge in [-0.2, -0.15) is 5.26 Å². The van der Waals surface area contributed by atoms with Crippen molar-refractivity contribution in [3.63, 3.8) is 0 Å². The third-order valence-corrected chi connectivity index (χ3v) is 0.343. The molecule has 46 valence electrons. The minimum atomic E-state index is -0.980. The summed E-state index contributed by atoms with van der Waals surface area (Å²) >= 11 is 4.74. The van der Waals surface area contributed by atoms with Crippen LogP contribution in [0.5, 0.6) is 0 Å². The van der Waals surface area contributed by atoms with Gasteiger partial charge in [0.15, 0.2) is 0 Å². The van der Waals surface area contributed by atoms with Crippen LogP contribution in [-0.2, 0) is 4.79 Å². The fraction of sp³-hybridized carbons (Fsp3) is 0.500. The molecule has 0 amide bonds. The zero-order valence-corrected chi connectivity index (χ0v) is 5.14. The molecule has 0 aromatic heterocycles. The van der Waals surface area contributed by atoms with E-state index in [9.17, 15) is 4.79 Å². The first-order chi connectivity index (χ1) is 3.68. The van der Waals surface area contributed by atoms with E-state index >= 15 is 0 Å². The largest absolute Gasteiger partial charge is 0.480 e. The fourth-order valence-corrected chi connectivity index (χ4v) is 0. The highest BCUT2D eigenvalue weighted by Crippen LogP contribution is 1.67. The average molecular weight is 136 g/mol. The maximum Gasteiger partial charge on any atom is 0.318 e. The van der Waals surface area contributed by atoms with Gasteiger partial charge < -0.3 is 5.11 Å². The Morgan fingerprint density at radius 3 is 2.12 bits per heavy atom. The average Bonchev–Trinajstić information content (AvgIpc) is 1.69. The summed E-state index contributed by atoms with van der Waals surface area (Å²) in [5.41, 5.74) is 0. The van der Waals surface area contributed by atoms with E-state index < -0.39 is 5.97 Å². The lowest BCUT2D eigenvalue weighted by molar-refractivity contribution is -0.134. The molecule has 0 radical (unpaired) electrons. The molecule has 4 heteroatoms. The van der Waals surface area contributed by atoms with Crippen LogP contribution in [0.1, 0.15) is 6.92 Å². The molecule has 8 heavy (non-hydrogen) atoms. The quantitative estimate of drug-likeness (QED) is 0.542. The van der Waals surface area contributed by atoms with Crippen LogP contribution in [0, 0.1) is 11.3 Å². The first-order valence-electron chi connectivity index (χ1n) is 1.77. The van der Waals surface area contributed by atoms with E-state index in [1.54, 1.807) is 6.07 Å². The number of carbonyl (C=O) groups is 1. The molecule has 0 aliphatic rings. The second-order valence-electron chi connectivity index (χ2n) is 0.751. The van der Waals surface area contributed by atoms with Crippen molar-refractivity contribution in [2.45, 2.75) is 6.92 Å². The molecule has 0 aliphatic carbocycles. The van der Waals surface area contributed by atoms with Crippen molar-refractivity contribution in [1.82, 2.24) is 0 Å². The number of hydrogen-bond donors (Lipinski definition) is 1. The lowest BCUT2D eigenvalue weighted by Crippen LogP contribution is -1.92. The summed E-state index contributed by atoms with van der Waals surface area (Å²) < 4.78 is 0. The summed E-state index contributed by atoms with van der Waals surface area (Å²) in [5.74, 6) is -1.29. The molecule has 0 rings (SSSR count). The first-order valence-corrected chi connectivity index (χ1v) is 2.31. The van der Waals surface area contributed by atoms with E-state index in [1.807, 2.05) is 0 Å². The molecule has 0 fully saturated rings. The Balaban J connectivity index is 0. The van der Waals surface area contributed by atoms with Gasteiger partial charge in [-0.05, 0) is 0 Å². The Morgan fingerprint density at radius 2 is 2.12 bits per heavy atom.